The van der Waals surface area contributed by atoms with Crippen molar-refractivity contribution in [2.45, 2.75) is 26.2 Å². The summed E-state index contributed by atoms with van der Waals surface area (Å²) in [7, 11) is 3.24. The number of halogens is 1. The van der Waals surface area contributed by atoms with E-state index in [1.54, 1.807) is 14.2 Å². The van der Waals surface area contributed by atoms with Crippen LogP contribution in [0.2, 0.25) is 0 Å². The van der Waals surface area contributed by atoms with Gasteiger partial charge in [-0.3, -0.25) is 4.79 Å². The summed E-state index contributed by atoms with van der Waals surface area (Å²) in [5.74, 6) is 1.99. The molecule has 5 heteroatoms. The van der Waals surface area contributed by atoms with E-state index in [0.717, 1.165) is 23.3 Å². The first kappa shape index (κ1) is 16.6. The van der Waals surface area contributed by atoms with Crippen LogP contribution >= 0.6 is 11.6 Å². The summed E-state index contributed by atoms with van der Waals surface area (Å²) in [4.78, 5) is 11.5. The van der Waals surface area contributed by atoms with Crippen molar-refractivity contribution >= 4 is 17.5 Å². The fourth-order valence-corrected chi connectivity index (χ4v) is 2.08. The highest BCUT2D eigenvalue weighted by Crippen LogP contribution is 2.30. The fraction of sp³-hybridized carbons (Fsp3) is 0.533. The first-order valence-corrected chi connectivity index (χ1v) is 7.20. The monoisotopic (exact) mass is 299 g/mol. The van der Waals surface area contributed by atoms with Gasteiger partial charge in [-0.2, -0.15) is 0 Å². The van der Waals surface area contributed by atoms with Gasteiger partial charge in [-0.05, 0) is 43.0 Å². The lowest BCUT2D eigenvalue weighted by atomic mass is 10.0. The van der Waals surface area contributed by atoms with Crippen molar-refractivity contribution in [2.24, 2.45) is 0 Å². The molecule has 1 N–H and O–H groups in total. The van der Waals surface area contributed by atoms with Crippen molar-refractivity contribution in [2.75, 3.05) is 26.6 Å². The molecule has 0 aromatic heterocycles. The summed E-state index contributed by atoms with van der Waals surface area (Å²) in [6.45, 7) is 2.63. The molecule has 0 spiro atoms. The quantitative estimate of drug-likeness (QED) is 0.751. The molecule has 1 aromatic rings. The number of aryl methyl sites for hydroxylation is 1. The van der Waals surface area contributed by atoms with Crippen molar-refractivity contribution in [3.8, 4) is 11.5 Å². The van der Waals surface area contributed by atoms with Crippen LogP contribution in [0.4, 0.5) is 0 Å². The van der Waals surface area contributed by atoms with Crippen molar-refractivity contribution in [1.29, 1.82) is 0 Å². The van der Waals surface area contributed by atoms with Gasteiger partial charge in [0.15, 0.2) is 11.5 Å². The van der Waals surface area contributed by atoms with E-state index in [-0.39, 0.29) is 5.91 Å². The number of carbonyl (C=O) groups excluding carboxylic acids is 1. The number of ether oxygens (including phenoxy) is 2. The highest BCUT2D eigenvalue weighted by atomic mass is 35.5. The van der Waals surface area contributed by atoms with E-state index in [4.69, 9.17) is 21.1 Å². The highest BCUT2D eigenvalue weighted by Gasteiger charge is 2.08. The van der Waals surface area contributed by atoms with Crippen LogP contribution in [0.25, 0.3) is 0 Å². The van der Waals surface area contributed by atoms with Crippen molar-refractivity contribution in [3.05, 3.63) is 23.3 Å². The molecule has 0 bridgehead atoms. The maximum absolute atomic E-state index is 11.5. The second-order valence-electron chi connectivity index (χ2n) is 4.53. The van der Waals surface area contributed by atoms with Crippen LogP contribution < -0.4 is 14.8 Å². The van der Waals surface area contributed by atoms with Gasteiger partial charge >= 0.3 is 0 Å². The third kappa shape index (κ3) is 4.93. The zero-order valence-electron chi connectivity index (χ0n) is 12.3. The molecule has 0 heterocycles. The van der Waals surface area contributed by atoms with E-state index in [1.165, 1.54) is 0 Å². The molecule has 0 saturated carbocycles. The van der Waals surface area contributed by atoms with Crippen LogP contribution in [0.1, 0.15) is 24.0 Å². The molecule has 1 rings (SSSR count). The van der Waals surface area contributed by atoms with Gasteiger partial charge in [0, 0.05) is 18.8 Å². The van der Waals surface area contributed by atoms with E-state index in [1.807, 2.05) is 19.1 Å². The Balaban J connectivity index is 2.57. The second-order valence-corrected chi connectivity index (χ2v) is 4.90. The molecule has 20 heavy (non-hydrogen) atoms. The number of hydrogen-bond donors (Lipinski definition) is 1. The largest absolute Gasteiger partial charge is 0.493 e. The number of rotatable bonds is 8. The average molecular weight is 300 g/mol. The maximum atomic E-state index is 11.5. The molecule has 112 valence electrons. The van der Waals surface area contributed by atoms with Crippen LogP contribution in [-0.2, 0) is 11.2 Å². The highest BCUT2D eigenvalue weighted by molar-refractivity contribution is 6.17. The molecule has 4 nitrogen and oxygen atoms in total. The van der Waals surface area contributed by atoms with Crippen molar-refractivity contribution in [1.82, 2.24) is 5.32 Å². The Morgan fingerprint density at radius 3 is 2.50 bits per heavy atom. The van der Waals surface area contributed by atoms with E-state index in [9.17, 15) is 4.79 Å². The Morgan fingerprint density at radius 1 is 1.25 bits per heavy atom. The topological polar surface area (TPSA) is 47.6 Å². The number of alkyl halides is 1. The second kappa shape index (κ2) is 8.69. The Morgan fingerprint density at radius 2 is 1.90 bits per heavy atom. The number of methoxy groups -OCH3 is 2. The molecule has 0 fully saturated rings. The van der Waals surface area contributed by atoms with Gasteiger partial charge in [-0.25, -0.2) is 0 Å². The van der Waals surface area contributed by atoms with Crippen LogP contribution in [0.3, 0.4) is 0 Å². The molecular weight excluding hydrogens is 278 g/mol. The molecule has 0 radical (unpaired) electrons. The third-order valence-corrected chi connectivity index (χ3v) is 3.36. The zero-order chi connectivity index (χ0) is 15.0. The number of carbonyl (C=O) groups is 1. The third-order valence-electron chi connectivity index (χ3n) is 3.10. The molecule has 0 atom stereocenters. The minimum absolute atomic E-state index is 0.0452. The summed E-state index contributed by atoms with van der Waals surface area (Å²) < 4.78 is 10.5. The lowest BCUT2D eigenvalue weighted by molar-refractivity contribution is -0.121. The summed E-state index contributed by atoms with van der Waals surface area (Å²) in [6.07, 6.45) is 1.95. The number of hydrogen-bond acceptors (Lipinski definition) is 3. The number of benzene rings is 1. The molecule has 0 unspecified atom stereocenters. The Bertz CT molecular complexity index is 449. The Hall–Kier alpha value is -1.42. The normalized spacial score (nSPS) is 10.2. The lowest BCUT2D eigenvalue weighted by Gasteiger charge is -2.13. The molecule has 1 amide bonds. The first-order valence-electron chi connectivity index (χ1n) is 6.66. The predicted octanol–water partition coefficient (Wildman–Crippen LogP) is 2.69. The maximum Gasteiger partial charge on any atom is 0.220 e. The van der Waals surface area contributed by atoms with Gasteiger partial charge in [0.1, 0.15) is 0 Å². The molecule has 0 aliphatic heterocycles. The zero-order valence-corrected chi connectivity index (χ0v) is 13.0. The smallest absolute Gasteiger partial charge is 0.220 e. The molecule has 1 aromatic carbocycles. The minimum Gasteiger partial charge on any atom is -0.493 e. The average Bonchev–Trinajstić information content (AvgIpc) is 2.46. The Kier molecular flexibility index (Phi) is 7.23. The van der Waals surface area contributed by atoms with Gasteiger partial charge in [0.2, 0.25) is 5.91 Å². The minimum atomic E-state index is 0.0452. The Labute approximate surface area is 125 Å². The van der Waals surface area contributed by atoms with E-state index in [2.05, 4.69) is 5.32 Å². The predicted molar refractivity (Wildman–Crippen MR) is 81.0 cm³/mol. The summed E-state index contributed by atoms with van der Waals surface area (Å²) >= 11 is 5.55. The number of nitrogens with one attached hydrogen (secondary N) is 1. The lowest BCUT2D eigenvalue weighted by Crippen LogP contribution is -2.25. The molecule has 0 saturated heterocycles. The SMILES string of the molecule is COc1cc(C)c(CCNC(=O)CCCCl)cc1OC. The summed E-state index contributed by atoms with van der Waals surface area (Å²) in [5.41, 5.74) is 2.26. The van der Waals surface area contributed by atoms with Gasteiger partial charge in [0.25, 0.3) is 0 Å². The first-order chi connectivity index (χ1) is 9.62. The van der Waals surface area contributed by atoms with Gasteiger partial charge in [0.05, 0.1) is 14.2 Å². The van der Waals surface area contributed by atoms with Crippen LogP contribution in [0.15, 0.2) is 12.1 Å². The fourth-order valence-electron chi connectivity index (χ4n) is 1.94. The van der Waals surface area contributed by atoms with Gasteiger partial charge < -0.3 is 14.8 Å². The van der Waals surface area contributed by atoms with Gasteiger partial charge in [-0.1, -0.05) is 0 Å². The van der Waals surface area contributed by atoms with Gasteiger partial charge in [-0.15, -0.1) is 11.6 Å². The molecule has 0 aliphatic carbocycles. The summed E-state index contributed by atoms with van der Waals surface area (Å²) in [6, 6.07) is 3.91. The van der Waals surface area contributed by atoms with Crippen LogP contribution in [0.5, 0.6) is 11.5 Å². The van der Waals surface area contributed by atoms with E-state index in [0.29, 0.717) is 31.0 Å². The summed E-state index contributed by atoms with van der Waals surface area (Å²) in [5, 5.41) is 2.89. The van der Waals surface area contributed by atoms with E-state index >= 15 is 0 Å². The molecular formula is C15H22ClNO3. The number of amides is 1. The molecule has 0 aliphatic rings. The van der Waals surface area contributed by atoms with E-state index < -0.39 is 0 Å². The van der Waals surface area contributed by atoms with Crippen molar-refractivity contribution < 1.29 is 14.3 Å². The van der Waals surface area contributed by atoms with Crippen LogP contribution in [0, 0.1) is 6.92 Å². The van der Waals surface area contributed by atoms with Crippen molar-refractivity contribution in [3.63, 3.8) is 0 Å². The standard InChI is InChI=1S/C15H22ClNO3/c1-11-9-13(19-2)14(20-3)10-12(11)6-8-17-15(18)5-4-7-16/h9-10H,4-8H2,1-3H3,(H,17,18). The van der Waals surface area contributed by atoms with Crippen LogP contribution in [-0.4, -0.2) is 32.6 Å².